The highest BCUT2D eigenvalue weighted by Crippen LogP contribution is 2.28. The van der Waals surface area contributed by atoms with Crippen LogP contribution in [0.1, 0.15) is 40.0 Å². The minimum absolute atomic E-state index is 0.347. The van der Waals surface area contributed by atoms with Gasteiger partial charge < -0.3 is 10.5 Å². The summed E-state index contributed by atoms with van der Waals surface area (Å²) in [6.07, 6.45) is 4.50. The summed E-state index contributed by atoms with van der Waals surface area (Å²) < 4.78 is 5.80. The van der Waals surface area contributed by atoms with Crippen molar-refractivity contribution in [3.63, 3.8) is 0 Å². The number of hydrogen-bond donors (Lipinski definition) is 1. The second-order valence-corrected chi connectivity index (χ2v) is 5.79. The van der Waals surface area contributed by atoms with Crippen LogP contribution in [0.15, 0.2) is 0 Å². The number of nitrogens with two attached hydrogens (primary N) is 1. The molecule has 2 N–H and O–H groups in total. The molecule has 0 aromatic carbocycles. The fraction of sp³-hybridized carbons (Fsp3) is 1.00. The highest BCUT2D eigenvalue weighted by atomic mass is 16.5. The minimum Gasteiger partial charge on any atom is -0.375 e. The van der Waals surface area contributed by atoms with Gasteiger partial charge in [0.2, 0.25) is 0 Å². The van der Waals surface area contributed by atoms with Gasteiger partial charge in [-0.1, -0.05) is 0 Å². The van der Waals surface area contributed by atoms with E-state index in [0.29, 0.717) is 24.2 Å². The molecule has 0 aromatic rings. The largest absolute Gasteiger partial charge is 0.375 e. The van der Waals surface area contributed by atoms with Gasteiger partial charge in [0.25, 0.3) is 0 Å². The van der Waals surface area contributed by atoms with Gasteiger partial charge in [0.15, 0.2) is 0 Å². The molecule has 0 aliphatic carbocycles. The lowest BCUT2D eigenvalue weighted by atomic mass is 9.98. The molecule has 0 bridgehead atoms. The van der Waals surface area contributed by atoms with Crippen molar-refractivity contribution in [2.24, 2.45) is 11.7 Å². The van der Waals surface area contributed by atoms with Crippen LogP contribution >= 0.6 is 0 Å². The Hall–Kier alpha value is -0.120. The van der Waals surface area contributed by atoms with Gasteiger partial charge in [-0.05, 0) is 52.5 Å². The summed E-state index contributed by atoms with van der Waals surface area (Å²) in [5, 5.41) is 0. The van der Waals surface area contributed by atoms with E-state index in [4.69, 9.17) is 10.5 Å². The average molecular weight is 226 g/mol. The molecule has 4 unspecified atom stereocenters. The molecule has 2 heterocycles. The zero-order chi connectivity index (χ0) is 11.7. The summed E-state index contributed by atoms with van der Waals surface area (Å²) in [6.45, 7) is 8.96. The van der Waals surface area contributed by atoms with Gasteiger partial charge >= 0.3 is 0 Å². The molecule has 0 amide bonds. The molecule has 2 rings (SSSR count). The zero-order valence-corrected chi connectivity index (χ0v) is 10.9. The summed E-state index contributed by atoms with van der Waals surface area (Å²) in [6, 6.07) is 1.07. The van der Waals surface area contributed by atoms with Crippen LogP contribution in [0.25, 0.3) is 0 Å². The molecular formula is C13H26N2O. The van der Waals surface area contributed by atoms with Gasteiger partial charge in [0, 0.05) is 18.6 Å². The first-order chi connectivity index (χ1) is 7.56. The van der Waals surface area contributed by atoms with E-state index >= 15 is 0 Å². The average Bonchev–Trinajstić information content (AvgIpc) is 2.64. The number of rotatable bonds is 2. The van der Waals surface area contributed by atoms with E-state index in [9.17, 15) is 0 Å². The lowest BCUT2D eigenvalue weighted by Gasteiger charge is -2.37. The molecule has 0 aromatic heterocycles. The second kappa shape index (κ2) is 5.03. The Kier molecular flexibility index (Phi) is 3.88. The standard InChI is InChI=1S/C13H26N2O/c1-9-6-13(7-10(2)16-9)15-5-4-12(8-15)11(3)14/h9-13H,4-8,14H2,1-3H3. The first kappa shape index (κ1) is 12.3. The molecular weight excluding hydrogens is 200 g/mol. The predicted octanol–water partition coefficient (Wildman–Crippen LogP) is 1.61. The molecule has 2 aliphatic rings. The van der Waals surface area contributed by atoms with Crippen LogP contribution in [0.5, 0.6) is 0 Å². The van der Waals surface area contributed by atoms with Gasteiger partial charge in [-0.2, -0.15) is 0 Å². The van der Waals surface area contributed by atoms with Crippen molar-refractivity contribution in [3.8, 4) is 0 Å². The van der Waals surface area contributed by atoms with E-state index < -0.39 is 0 Å². The van der Waals surface area contributed by atoms with Gasteiger partial charge in [-0.15, -0.1) is 0 Å². The predicted molar refractivity (Wildman–Crippen MR) is 66.4 cm³/mol. The van der Waals surface area contributed by atoms with Crippen molar-refractivity contribution in [1.82, 2.24) is 4.90 Å². The summed E-state index contributed by atoms with van der Waals surface area (Å²) in [7, 11) is 0. The van der Waals surface area contributed by atoms with Gasteiger partial charge in [-0.3, -0.25) is 4.90 Å². The number of nitrogens with zero attached hydrogens (tertiary/aromatic N) is 1. The molecule has 0 saturated carbocycles. The minimum atomic E-state index is 0.347. The van der Waals surface area contributed by atoms with Crippen molar-refractivity contribution >= 4 is 0 Å². The van der Waals surface area contributed by atoms with Gasteiger partial charge in [-0.25, -0.2) is 0 Å². The third kappa shape index (κ3) is 2.76. The highest BCUT2D eigenvalue weighted by molar-refractivity contribution is 4.88. The van der Waals surface area contributed by atoms with E-state index in [2.05, 4.69) is 25.7 Å². The third-order valence-corrected chi connectivity index (χ3v) is 4.19. The Morgan fingerprint density at radius 2 is 1.88 bits per heavy atom. The maximum Gasteiger partial charge on any atom is 0.0565 e. The smallest absolute Gasteiger partial charge is 0.0565 e. The van der Waals surface area contributed by atoms with Crippen LogP contribution in [-0.4, -0.2) is 42.3 Å². The van der Waals surface area contributed by atoms with Crippen molar-refractivity contribution in [3.05, 3.63) is 0 Å². The van der Waals surface area contributed by atoms with Crippen molar-refractivity contribution < 1.29 is 4.74 Å². The van der Waals surface area contributed by atoms with Gasteiger partial charge in [0.1, 0.15) is 0 Å². The number of hydrogen-bond acceptors (Lipinski definition) is 3. The third-order valence-electron chi connectivity index (χ3n) is 4.19. The Labute approximate surface area is 99.3 Å². The summed E-state index contributed by atoms with van der Waals surface area (Å²) >= 11 is 0. The van der Waals surface area contributed by atoms with Gasteiger partial charge in [0.05, 0.1) is 12.2 Å². The maximum atomic E-state index is 5.99. The SMILES string of the molecule is CC1CC(N2CCC(C(C)N)C2)CC(C)O1. The molecule has 2 fully saturated rings. The van der Waals surface area contributed by atoms with Crippen LogP contribution < -0.4 is 5.73 Å². The first-order valence-electron chi connectivity index (χ1n) is 6.71. The van der Waals surface area contributed by atoms with Crippen molar-refractivity contribution in [1.29, 1.82) is 0 Å². The van der Waals surface area contributed by atoms with E-state index in [0.717, 1.165) is 6.04 Å². The number of ether oxygens (including phenoxy) is 1. The molecule has 2 aliphatic heterocycles. The van der Waals surface area contributed by atoms with Crippen LogP contribution in [-0.2, 0) is 4.74 Å². The summed E-state index contributed by atoms with van der Waals surface area (Å²) in [4.78, 5) is 2.64. The topological polar surface area (TPSA) is 38.5 Å². The van der Waals surface area contributed by atoms with Crippen LogP contribution in [0, 0.1) is 5.92 Å². The van der Waals surface area contributed by atoms with Crippen molar-refractivity contribution in [2.75, 3.05) is 13.1 Å². The van der Waals surface area contributed by atoms with E-state index in [1.165, 1.54) is 32.4 Å². The fourth-order valence-corrected chi connectivity index (χ4v) is 3.24. The van der Waals surface area contributed by atoms with Crippen LogP contribution in [0.4, 0.5) is 0 Å². The Balaban J connectivity index is 1.88. The number of likely N-dealkylation sites (tertiary alicyclic amines) is 1. The zero-order valence-electron chi connectivity index (χ0n) is 10.9. The molecule has 3 heteroatoms. The Morgan fingerprint density at radius 3 is 2.38 bits per heavy atom. The molecule has 0 radical (unpaired) electrons. The molecule has 0 spiro atoms. The van der Waals surface area contributed by atoms with E-state index in [1.54, 1.807) is 0 Å². The van der Waals surface area contributed by atoms with Crippen LogP contribution in [0.2, 0.25) is 0 Å². The summed E-state index contributed by atoms with van der Waals surface area (Å²) in [5.74, 6) is 0.702. The second-order valence-electron chi connectivity index (χ2n) is 5.79. The lowest BCUT2D eigenvalue weighted by Crippen LogP contribution is -2.43. The lowest BCUT2D eigenvalue weighted by molar-refractivity contribution is -0.0622. The fourth-order valence-electron chi connectivity index (χ4n) is 3.24. The highest BCUT2D eigenvalue weighted by Gasteiger charge is 2.34. The monoisotopic (exact) mass is 226 g/mol. The Bertz CT molecular complexity index is 222. The van der Waals surface area contributed by atoms with Crippen LogP contribution in [0.3, 0.4) is 0 Å². The Morgan fingerprint density at radius 1 is 1.25 bits per heavy atom. The first-order valence-corrected chi connectivity index (χ1v) is 6.71. The maximum absolute atomic E-state index is 5.99. The normalized spacial score (nSPS) is 43.5. The van der Waals surface area contributed by atoms with E-state index in [1.807, 2.05) is 0 Å². The molecule has 16 heavy (non-hydrogen) atoms. The van der Waals surface area contributed by atoms with Crippen molar-refractivity contribution in [2.45, 2.75) is 64.3 Å². The molecule has 4 atom stereocenters. The quantitative estimate of drug-likeness (QED) is 0.777. The molecule has 3 nitrogen and oxygen atoms in total. The molecule has 94 valence electrons. The van der Waals surface area contributed by atoms with E-state index in [-0.39, 0.29) is 0 Å². The summed E-state index contributed by atoms with van der Waals surface area (Å²) in [5.41, 5.74) is 5.99. The molecule has 2 saturated heterocycles.